The summed E-state index contributed by atoms with van der Waals surface area (Å²) >= 11 is 1.48. The van der Waals surface area contributed by atoms with Crippen LogP contribution in [0.1, 0.15) is 31.4 Å². The molecule has 0 aromatic heterocycles. The maximum absolute atomic E-state index is 13.2. The van der Waals surface area contributed by atoms with Crippen LogP contribution in [0, 0.1) is 5.92 Å². The number of phenols is 1. The normalized spacial score (nSPS) is 14.1. The highest BCUT2D eigenvalue weighted by Gasteiger charge is 2.31. The third-order valence-corrected chi connectivity index (χ3v) is 6.76. The van der Waals surface area contributed by atoms with E-state index in [0.717, 1.165) is 11.1 Å². The number of rotatable bonds is 15. The monoisotopic (exact) mass is 558 g/mol. The number of benzene rings is 2. The van der Waals surface area contributed by atoms with Gasteiger partial charge in [0.05, 0.1) is 6.04 Å². The fourth-order valence-electron chi connectivity index (χ4n) is 3.86. The maximum Gasteiger partial charge on any atom is 0.326 e. The van der Waals surface area contributed by atoms with Gasteiger partial charge < -0.3 is 31.9 Å². The van der Waals surface area contributed by atoms with Gasteiger partial charge in [0.15, 0.2) is 0 Å². The van der Waals surface area contributed by atoms with Crippen LogP contribution in [0.25, 0.3) is 0 Å². The lowest BCUT2D eigenvalue weighted by molar-refractivity contribution is -0.142. The molecule has 3 amide bonds. The van der Waals surface area contributed by atoms with Crippen LogP contribution in [0.2, 0.25) is 0 Å². The van der Waals surface area contributed by atoms with Gasteiger partial charge in [-0.25, -0.2) is 4.79 Å². The molecule has 0 saturated carbocycles. The Morgan fingerprint density at radius 1 is 0.821 bits per heavy atom. The Bertz CT molecular complexity index is 1100. The van der Waals surface area contributed by atoms with Crippen LogP contribution in [0.15, 0.2) is 54.6 Å². The molecule has 0 aliphatic rings. The summed E-state index contributed by atoms with van der Waals surface area (Å²) in [6.07, 6.45) is 2.43. The first kappa shape index (κ1) is 31.6. The molecule has 0 aliphatic carbocycles. The highest BCUT2D eigenvalue weighted by atomic mass is 32.2. The minimum Gasteiger partial charge on any atom is -0.508 e. The number of nitrogens with two attached hydrogens (primary N) is 1. The molecule has 2 aromatic rings. The second-order valence-corrected chi connectivity index (χ2v) is 10.6. The topological polar surface area (TPSA) is 171 Å². The van der Waals surface area contributed by atoms with E-state index in [9.17, 15) is 29.4 Å². The van der Waals surface area contributed by atoms with E-state index in [0.29, 0.717) is 5.75 Å². The largest absolute Gasteiger partial charge is 0.508 e. The quantitative estimate of drug-likeness (QED) is 0.191. The summed E-state index contributed by atoms with van der Waals surface area (Å²) in [4.78, 5) is 51.0. The molecule has 11 heteroatoms. The summed E-state index contributed by atoms with van der Waals surface area (Å²) in [5.41, 5.74) is 7.57. The summed E-state index contributed by atoms with van der Waals surface area (Å²) in [6, 6.07) is 11.2. The highest BCUT2D eigenvalue weighted by Crippen LogP contribution is 2.12. The molecular weight excluding hydrogens is 520 g/mol. The van der Waals surface area contributed by atoms with Gasteiger partial charge in [0.25, 0.3) is 0 Å². The van der Waals surface area contributed by atoms with E-state index in [1.54, 1.807) is 50.2 Å². The van der Waals surface area contributed by atoms with Crippen molar-refractivity contribution in [2.45, 2.75) is 57.3 Å². The standard InChI is InChI=1S/C28H38N4O6S/c1-17(2)24(32-25(34)21(29)15-19-9-11-20(33)12-10-19)27(36)30-22(13-14-39-3)26(35)31-23(28(37)38)16-18-7-5-4-6-8-18/h4-12,17,21-24,33H,13-16,29H2,1-3H3,(H,30,36)(H,31,35)(H,32,34)(H,37,38). The smallest absolute Gasteiger partial charge is 0.326 e. The fraction of sp³-hybridized carbons (Fsp3) is 0.429. The molecule has 7 N–H and O–H groups in total. The molecule has 10 nitrogen and oxygen atoms in total. The van der Waals surface area contributed by atoms with E-state index in [2.05, 4.69) is 16.0 Å². The predicted octanol–water partition coefficient (Wildman–Crippen LogP) is 1.45. The Labute approximate surface area is 233 Å². The molecule has 0 spiro atoms. The summed E-state index contributed by atoms with van der Waals surface area (Å²) < 4.78 is 0. The average molecular weight is 559 g/mol. The van der Waals surface area contributed by atoms with E-state index in [1.807, 2.05) is 12.3 Å². The van der Waals surface area contributed by atoms with Crippen molar-refractivity contribution in [1.29, 1.82) is 0 Å². The first-order chi connectivity index (χ1) is 18.5. The lowest BCUT2D eigenvalue weighted by Gasteiger charge is -2.27. The van der Waals surface area contributed by atoms with E-state index in [4.69, 9.17) is 5.73 Å². The van der Waals surface area contributed by atoms with E-state index >= 15 is 0 Å². The van der Waals surface area contributed by atoms with Crippen LogP contribution in [0.3, 0.4) is 0 Å². The van der Waals surface area contributed by atoms with Gasteiger partial charge in [0, 0.05) is 6.42 Å². The minimum absolute atomic E-state index is 0.0920. The molecular formula is C28H38N4O6S. The molecule has 4 unspecified atom stereocenters. The predicted molar refractivity (Wildman–Crippen MR) is 151 cm³/mol. The third-order valence-electron chi connectivity index (χ3n) is 6.12. The van der Waals surface area contributed by atoms with E-state index < -0.39 is 47.9 Å². The number of carbonyl (C=O) groups is 4. The van der Waals surface area contributed by atoms with Gasteiger partial charge in [0.1, 0.15) is 23.9 Å². The zero-order chi connectivity index (χ0) is 28.9. The van der Waals surface area contributed by atoms with Gasteiger partial charge in [-0.1, -0.05) is 56.3 Å². The van der Waals surface area contributed by atoms with Crippen LogP contribution >= 0.6 is 11.8 Å². The van der Waals surface area contributed by atoms with Gasteiger partial charge in [0.2, 0.25) is 17.7 Å². The lowest BCUT2D eigenvalue weighted by Crippen LogP contribution is -2.58. The number of aromatic hydroxyl groups is 1. The van der Waals surface area contributed by atoms with E-state index in [1.165, 1.54) is 23.9 Å². The second-order valence-electron chi connectivity index (χ2n) is 9.64. The van der Waals surface area contributed by atoms with Crippen LogP contribution in [-0.4, -0.2) is 70.1 Å². The van der Waals surface area contributed by atoms with Crippen LogP contribution in [0.4, 0.5) is 0 Å². The summed E-state index contributed by atoms with van der Waals surface area (Å²) in [5, 5.41) is 27.0. The molecule has 0 bridgehead atoms. The van der Waals surface area contributed by atoms with Gasteiger partial charge in [-0.3, -0.25) is 14.4 Å². The average Bonchev–Trinajstić information content (AvgIpc) is 2.90. The van der Waals surface area contributed by atoms with Crippen LogP contribution in [-0.2, 0) is 32.0 Å². The Morgan fingerprint density at radius 2 is 1.41 bits per heavy atom. The maximum atomic E-state index is 13.2. The molecule has 2 aromatic carbocycles. The molecule has 39 heavy (non-hydrogen) atoms. The van der Waals surface area contributed by atoms with Gasteiger partial charge in [-0.05, 0) is 54.0 Å². The number of carboxylic acid groups (broad SMARTS) is 1. The lowest BCUT2D eigenvalue weighted by atomic mass is 10.0. The number of phenolic OH excluding ortho intramolecular Hbond substituents is 1. The molecule has 212 valence electrons. The summed E-state index contributed by atoms with van der Waals surface area (Å²) in [6.45, 7) is 3.51. The third kappa shape index (κ3) is 10.6. The van der Waals surface area contributed by atoms with Crippen molar-refractivity contribution in [2.75, 3.05) is 12.0 Å². The van der Waals surface area contributed by atoms with Crippen molar-refractivity contribution in [2.24, 2.45) is 11.7 Å². The molecule has 0 fully saturated rings. The van der Waals surface area contributed by atoms with Gasteiger partial charge in [-0.2, -0.15) is 11.8 Å². The molecule has 4 atom stereocenters. The Kier molecular flexibility index (Phi) is 12.8. The molecule has 0 radical (unpaired) electrons. The van der Waals surface area contributed by atoms with Crippen molar-refractivity contribution >= 4 is 35.5 Å². The first-order valence-electron chi connectivity index (χ1n) is 12.7. The van der Waals surface area contributed by atoms with Crippen molar-refractivity contribution in [3.8, 4) is 5.75 Å². The SMILES string of the molecule is CSCCC(NC(=O)C(NC(=O)C(N)Cc1ccc(O)cc1)C(C)C)C(=O)NC(Cc1ccccc1)C(=O)O. The number of thioether (sulfide) groups is 1. The van der Waals surface area contributed by atoms with Crippen molar-refractivity contribution in [3.63, 3.8) is 0 Å². The molecule has 0 saturated heterocycles. The fourth-order valence-corrected chi connectivity index (χ4v) is 4.33. The number of amides is 3. The second kappa shape index (κ2) is 15.7. The Morgan fingerprint density at radius 3 is 1.97 bits per heavy atom. The zero-order valence-corrected chi connectivity index (χ0v) is 23.2. The Balaban J connectivity index is 2.08. The molecule has 2 rings (SSSR count). The van der Waals surface area contributed by atoms with Crippen LogP contribution < -0.4 is 21.7 Å². The van der Waals surface area contributed by atoms with Crippen molar-refractivity contribution in [3.05, 3.63) is 65.7 Å². The van der Waals surface area contributed by atoms with Crippen LogP contribution in [0.5, 0.6) is 5.75 Å². The number of carboxylic acids is 1. The van der Waals surface area contributed by atoms with Gasteiger partial charge in [-0.15, -0.1) is 0 Å². The number of hydrogen-bond donors (Lipinski definition) is 6. The first-order valence-corrected chi connectivity index (χ1v) is 14.1. The minimum atomic E-state index is -1.18. The highest BCUT2D eigenvalue weighted by molar-refractivity contribution is 7.98. The van der Waals surface area contributed by atoms with Crippen molar-refractivity contribution in [1.82, 2.24) is 16.0 Å². The number of aliphatic carboxylic acids is 1. The number of carbonyl (C=O) groups excluding carboxylic acids is 3. The number of hydrogen-bond acceptors (Lipinski definition) is 7. The van der Waals surface area contributed by atoms with Crippen molar-refractivity contribution < 1.29 is 29.4 Å². The van der Waals surface area contributed by atoms with E-state index in [-0.39, 0.29) is 30.9 Å². The summed E-state index contributed by atoms with van der Waals surface area (Å²) in [7, 11) is 0. The number of nitrogens with one attached hydrogen (secondary N) is 3. The molecule has 0 heterocycles. The summed E-state index contributed by atoms with van der Waals surface area (Å²) in [5.74, 6) is -2.56. The van der Waals surface area contributed by atoms with Gasteiger partial charge >= 0.3 is 5.97 Å². The zero-order valence-electron chi connectivity index (χ0n) is 22.4. The Hall–Kier alpha value is -3.57. The molecule has 0 aliphatic heterocycles.